The van der Waals surface area contributed by atoms with Gasteiger partial charge in [0.2, 0.25) is 0 Å². The van der Waals surface area contributed by atoms with Crippen molar-refractivity contribution in [3.05, 3.63) is 39.6 Å². The zero-order valence-corrected chi connectivity index (χ0v) is 9.95. The summed E-state index contributed by atoms with van der Waals surface area (Å²) in [7, 11) is 0. The van der Waals surface area contributed by atoms with Crippen LogP contribution < -0.4 is 0 Å². The van der Waals surface area contributed by atoms with Crippen molar-refractivity contribution in [2.45, 2.75) is 13.8 Å². The monoisotopic (exact) mass is 240 g/mol. The van der Waals surface area contributed by atoms with E-state index in [1.54, 1.807) is 6.07 Å². The Morgan fingerprint density at radius 1 is 1.07 bits per heavy atom. The van der Waals surface area contributed by atoms with Crippen molar-refractivity contribution in [3.8, 4) is 11.1 Å². The molecule has 0 saturated heterocycles. The largest absolute Gasteiger partial charge is 0.282 e. The van der Waals surface area contributed by atoms with Gasteiger partial charge in [-0.2, -0.15) is 5.10 Å². The van der Waals surface area contributed by atoms with Gasteiger partial charge in [-0.1, -0.05) is 23.2 Å². The fourth-order valence-corrected chi connectivity index (χ4v) is 2.20. The van der Waals surface area contributed by atoms with E-state index in [2.05, 4.69) is 10.2 Å². The molecule has 4 heteroatoms. The van der Waals surface area contributed by atoms with Crippen LogP contribution in [0.1, 0.15) is 11.4 Å². The number of aryl methyl sites for hydroxylation is 2. The molecule has 1 N–H and O–H groups in total. The summed E-state index contributed by atoms with van der Waals surface area (Å²) in [5.74, 6) is 0. The Labute approximate surface area is 98.2 Å². The summed E-state index contributed by atoms with van der Waals surface area (Å²) in [6, 6.07) is 5.49. The van der Waals surface area contributed by atoms with Crippen LogP contribution in [0, 0.1) is 13.8 Å². The number of rotatable bonds is 1. The lowest BCUT2D eigenvalue weighted by molar-refractivity contribution is 1.02. The van der Waals surface area contributed by atoms with Crippen molar-refractivity contribution >= 4 is 23.2 Å². The number of H-pyrrole nitrogens is 1. The lowest BCUT2D eigenvalue weighted by Gasteiger charge is -2.03. The van der Waals surface area contributed by atoms with E-state index in [4.69, 9.17) is 23.2 Å². The van der Waals surface area contributed by atoms with Gasteiger partial charge in [0.15, 0.2) is 0 Å². The Balaban J connectivity index is 2.63. The van der Waals surface area contributed by atoms with Gasteiger partial charge in [0.25, 0.3) is 0 Å². The molecule has 0 saturated carbocycles. The third-order valence-corrected chi connectivity index (χ3v) is 2.72. The maximum Gasteiger partial charge on any atom is 0.0672 e. The number of aromatic nitrogens is 2. The molecule has 0 unspecified atom stereocenters. The smallest absolute Gasteiger partial charge is 0.0672 e. The molecule has 0 fully saturated rings. The highest BCUT2D eigenvalue weighted by Crippen LogP contribution is 2.30. The van der Waals surface area contributed by atoms with E-state index in [1.807, 2.05) is 26.0 Å². The molecule has 1 aromatic heterocycles. The van der Waals surface area contributed by atoms with E-state index < -0.39 is 0 Å². The standard InChI is InChI=1S/C11H10Cl2N2/c1-6-11(7(2)15-14-6)8-3-9(12)5-10(13)4-8/h3-5H,1-2H3,(H,14,15). The van der Waals surface area contributed by atoms with Gasteiger partial charge in [0, 0.05) is 21.3 Å². The molecule has 2 aromatic rings. The van der Waals surface area contributed by atoms with Crippen molar-refractivity contribution in [1.82, 2.24) is 10.2 Å². The van der Waals surface area contributed by atoms with Crippen LogP contribution in [-0.4, -0.2) is 10.2 Å². The molecule has 1 heterocycles. The van der Waals surface area contributed by atoms with Gasteiger partial charge in [0.05, 0.1) is 5.69 Å². The Morgan fingerprint density at radius 2 is 1.67 bits per heavy atom. The summed E-state index contributed by atoms with van der Waals surface area (Å²) in [5, 5.41) is 8.35. The average molecular weight is 241 g/mol. The minimum absolute atomic E-state index is 0.637. The highest BCUT2D eigenvalue weighted by atomic mass is 35.5. The van der Waals surface area contributed by atoms with Crippen LogP contribution in [0.15, 0.2) is 18.2 Å². The van der Waals surface area contributed by atoms with Crippen molar-refractivity contribution in [2.24, 2.45) is 0 Å². The Kier molecular flexibility index (Phi) is 2.72. The lowest BCUT2D eigenvalue weighted by Crippen LogP contribution is -1.82. The Morgan fingerprint density at radius 3 is 2.13 bits per heavy atom. The summed E-state index contributed by atoms with van der Waals surface area (Å²) in [4.78, 5) is 0. The van der Waals surface area contributed by atoms with Crippen LogP contribution in [0.2, 0.25) is 10.0 Å². The third-order valence-electron chi connectivity index (χ3n) is 2.28. The Bertz CT molecular complexity index is 464. The van der Waals surface area contributed by atoms with Crippen LogP contribution in [-0.2, 0) is 0 Å². The highest BCUT2D eigenvalue weighted by molar-refractivity contribution is 6.35. The van der Waals surface area contributed by atoms with Crippen LogP contribution in [0.3, 0.4) is 0 Å². The molecule has 2 nitrogen and oxygen atoms in total. The van der Waals surface area contributed by atoms with E-state index >= 15 is 0 Å². The van der Waals surface area contributed by atoms with Gasteiger partial charge in [-0.25, -0.2) is 0 Å². The quantitative estimate of drug-likeness (QED) is 0.803. The van der Waals surface area contributed by atoms with Crippen LogP contribution in [0.5, 0.6) is 0 Å². The van der Waals surface area contributed by atoms with E-state index in [0.29, 0.717) is 10.0 Å². The van der Waals surface area contributed by atoms with Crippen molar-refractivity contribution in [3.63, 3.8) is 0 Å². The van der Waals surface area contributed by atoms with Crippen LogP contribution in [0.25, 0.3) is 11.1 Å². The number of nitrogens with zero attached hydrogens (tertiary/aromatic N) is 1. The van der Waals surface area contributed by atoms with Crippen molar-refractivity contribution in [2.75, 3.05) is 0 Å². The zero-order chi connectivity index (χ0) is 11.0. The number of benzene rings is 1. The first-order valence-corrected chi connectivity index (χ1v) is 5.31. The molecule has 1 aromatic carbocycles. The number of halogens is 2. The van der Waals surface area contributed by atoms with Gasteiger partial charge in [-0.15, -0.1) is 0 Å². The second-order valence-corrected chi connectivity index (χ2v) is 4.34. The van der Waals surface area contributed by atoms with E-state index in [0.717, 1.165) is 22.5 Å². The third kappa shape index (κ3) is 2.01. The fraction of sp³-hybridized carbons (Fsp3) is 0.182. The topological polar surface area (TPSA) is 28.7 Å². The second-order valence-electron chi connectivity index (χ2n) is 3.47. The Hall–Kier alpha value is -0.990. The van der Waals surface area contributed by atoms with Gasteiger partial charge in [0.1, 0.15) is 0 Å². The van der Waals surface area contributed by atoms with E-state index in [1.165, 1.54) is 0 Å². The lowest BCUT2D eigenvalue weighted by atomic mass is 10.0. The minimum Gasteiger partial charge on any atom is -0.282 e. The minimum atomic E-state index is 0.637. The SMILES string of the molecule is Cc1n[nH]c(C)c1-c1cc(Cl)cc(Cl)c1. The maximum absolute atomic E-state index is 5.96. The first-order chi connectivity index (χ1) is 7.08. The highest BCUT2D eigenvalue weighted by Gasteiger charge is 2.10. The van der Waals surface area contributed by atoms with Crippen molar-refractivity contribution in [1.29, 1.82) is 0 Å². The molecule has 15 heavy (non-hydrogen) atoms. The van der Waals surface area contributed by atoms with Crippen LogP contribution >= 0.6 is 23.2 Å². The molecule has 0 spiro atoms. The van der Waals surface area contributed by atoms with Crippen molar-refractivity contribution < 1.29 is 0 Å². The molecule has 0 aliphatic heterocycles. The summed E-state index contributed by atoms with van der Waals surface area (Å²) >= 11 is 11.9. The van der Waals surface area contributed by atoms with Gasteiger partial charge in [-0.3, -0.25) is 5.10 Å². The van der Waals surface area contributed by atoms with Gasteiger partial charge in [-0.05, 0) is 37.6 Å². The summed E-state index contributed by atoms with van der Waals surface area (Å²) in [5.41, 5.74) is 4.03. The molecule has 78 valence electrons. The molecule has 0 radical (unpaired) electrons. The van der Waals surface area contributed by atoms with Gasteiger partial charge >= 0.3 is 0 Å². The number of aromatic amines is 1. The number of hydrogen-bond donors (Lipinski definition) is 1. The molecule has 2 rings (SSSR count). The predicted octanol–water partition coefficient (Wildman–Crippen LogP) is 4.00. The normalized spacial score (nSPS) is 10.7. The first-order valence-electron chi connectivity index (χ1n) is 4.56. The van der Waals surface area contributed by atoms with Crippen LogP contribution in [0.4, 0.5) is 0 Å². The van der Waals surface area contributed by atoms with E-state index in [-0.39, 0.29) is 0 Å². The summed E-state index contributed by atoms with van der Waals surface area (Å²) in [6.45, 7) is 3.93. The number of hydrogen-bond acceptors (Lipinski definition) is 1. The fourth-order valence-electron chi connectivity index (χ4n) is 1.67. The average Bonchev–Trinajstić information content (AvgIpc) is 2.44. The molecular weight excluding hydrogens is 231 g/mol. The molecule has 0 bridgehead atoms. The first kappa shape index (κ1) is 10.5. The molecular formula is C11H10Cl2N2. The van der Waals surface area contributed by atoms with E-state index in [9.17, 15) is 0 Å². The molecule has 0 atom stereocenters. The van der Waals surface area contributed by atoms with Gasteiger partial charge < -0.3 is 0 Å². The molecule has 0 amide bonds. The number of nitrogens with one attached hydrogen (secondary N) is 1. The zero-order valence-electron chi connectivity index (χ0n) is 8.44. The molecule has 0 aliphatic carbocycles. The summed E-state index contributed by atoms with van der Waals surface area (Å²) in [6.07, 6.45) is 0. The summed E-state index contributed by atoms with van der Waals surface area (Å²) < 4.78 is 0. The maximum atomic E-state index is 5.96. The predicted molar refractivity (Wildman–Crippen MR) is 63.5 cm³/mol. The molecule has 0 aliphatic rings. The second kappa shape index (κ2) is 3.87.